The molecule has 0 spiro atoms. The third-order valence-electron chi connectivity index (χ3n) is 3.24. The standard InChI is InChI=1S/C15H23N3/c1-11(2)10-17-15(16-3)18-14-9-13(14)12-7-5-4-6-8-12/h4-8,11,13-14H,9-10H2,1-3H3,(H2,16,17,18). The Hall–Kier alpha value is -1.51. The van der Waals surface area contributed by atoms with Crippen LogP contribution in [0.3, 0.4) is 0 Å². The molecule has 1 fully saturated rings. The van der Waals surface area contributed by atoms with E-state index in [0.717, 1.165) is 12.5 Å². The largest absolute Gasteiger partial charge is 0.356 e. The molecule has 18 heavy (non-hydrogen) atoms. The molecule has 1 aliphatic carbocycles. The molecule has 2 atom stereocenters. The summed E-state index contributed by atoms with van der Waals surface area (Å²) in [4.78, 5) is 4.26. The summed E-state index contributed by atoms with van der Waals surface area (Å²) in [7, 11) is 1.83. The Kier molecular flexibility index (Phi) is 4.24. The second kappa shape index (κ2) is 5.89. The predicted octanol–water partition coefficient (Wildman–Crippen LogP) is 2.36. The van der Waals surface area contributed by atoms with Gasteiger partial charge in [0, 0.05) is 25.6 Å². The van der Waals surface area contributed by atoms with Crippen LogP contribution in [-0.2, 0) is 0 Å². The molecule has 2 unspecified atom stereocenters. The maximum absolute atomic E-state index is 4.26. The average molecular weight is 245 g/mol. The Morgan fingerprint density at radius 3 is 2.67 bits per heavy atom. The molecule has 1 saturated carbocycles. The van der Waals surface area contributed by atoms with Gasteiger partial charge in [0.2, 0.25) is 0 Å². The third kappa shape index (κ3) is 3.49. The van der Waals surface area contributed by atoms with E-state index >= 15 is 0 Å². The van der Waals surface area contributed by atoms with Gasteiger partial charge in [0.05, 0.1) is 0 Å². The van der Waals surface area contributed by atoms with Crippen molar-refractivity contribution in [3.05, 3.63) is 35.9 Å². The highest BCUT2D eigenvalue weighted by atomic mass is 15.2. The van der Waals surface area contributed by atoms with Gasteiger partial charge in [-0.1, -0.05) is 44.2 Å². The lowest BCUT2D eigenvalue weighted by molar-refractivity contribution is 0.613. The van der Waals surface area contributed by atoms with Crippen LogP contribution in [0, 0.1) is 5.92 Å². The molecule has 0 aromatic heterocycles. The second-order valence-corrected chi connectivity index (χ2v) is 5.35. The second-order valence-electron chi connectivity index (χ2n) is 5.35. The van der Waals surface area contributed by atoms with Crippen molar-refractivity contribution in [1.29, 1.82) is 0 Å². The first-order chi connectivity index (χ1) is 8.70. The van der Waals surface area contributed by atoms with Crippen LogP contribution >= 0.6 is 0 Å². The van der Waals surface area contributed by atoms with Gasteiger partial charge >= 0.3 is 0 Å². The van der Waals surface area contributed by atoms with E-state index in [1.807, 2.05) is 7.05 Å². The molecule has 0 aliphatic heterocycles. The van der Waals surface area contributed by atoms with Crippen molar-refractivity contribution in [3.8, 4) is 0 Å². The Morgan fingerprint density at radius 2 is 2.06 bits per heavy atom. The summed E-state index contributed by atoms with van der Waals surface area (Å²) in [5.41, 5.74) is 1.43. The highest BCUT2D eigenvalue weighted by Crippen LogP contribution is 2.40. The van der Waals surface area contributed by atoms with Crippen molar-refractivity contribution in [2.75, 3.05) is 13.6 Å². The lowest BCUT2D eigenvalue weighted by atomic mass is 10.1. The fraction of sp³-hybridized carbons (Fsp3) is 0.533. The summed E-state index contributed by atoms with van der Waals surface area (Å²) in [6, 6.07) is 11.2. The van der Waals surface area contributed by atoms with Gasteiger partial charge in [0.25, 0.3) is 0 Å². The van der Waals surface area contributed by atoms with Gasteiger partial charge in [-0.15, -0.1) is 0 Å². The lowest BCUT2D eigenvalue weighted by Crippen LogP contribution is -2.40. The molecule has 0 saturated heterocycles. The Bertz CT molecular complexity index is 397. The Balaban J connectivity index is 1.81. The van der Waals surface area contributed by atoms with Crippen LogP contribution in [0.2, 0.25) is 0 Å². The number of aliphatic imine (C=N–C) groups is 1. The van der Waals surface area contributed by atoms with Crippen molar-refractivity contribution in [1.82, 2.24) is 10.6 Å². The van der Waals surface area contributed by atoms with Crippen molar-refractivity contribution >= 4 is 5.96 Å². The van der Waals surface area contributed by atoms with E-state index < -0.39 is 0 Å². The maximum atomic E-state index is 4.26. The fourth-order valence-corrected chi connectivity index (χ4v) is 2.09. The lowest BCUT2D eigenvalue weighted by Gasteiger charge is -2.13. The normalized spacial score (nSPS) is 23.0. The summed E-state index contributed by atoms with van der Waals surface area (Å²) in [5.74, 6) is 2.20. The van der Waals surface area contributed by atoms with Gasteiger partial charge in [-0.3, -0.25) is 4.99 Å². The van der Waals surface area contributed by atoms with E-state index in [4.69, 9.17) is 0 Å². The first-order valence-electron chi connectivity index (χ1n) is 6.73. The molecule has 98 valence electrons. The van der Waals surface area contributed by atoms with Crippen LogP contribution in [0.5, 0.6) is 0 Å². The Labute approximate surface area is 110 Å². The Morgan fingerprint density at radius 1 is 1.33 bits per heavy atom. The van der Waals surface area contributed by atoms with Gasteiger partial charge in [-0.05, 0) is 17.9 Å². The topological polar surface area (TPSA) is 36.4 Å². The molecule has 1 aromatic carbocycles. The molecule has 1 aliphatic rings. The minimum absolute atomic E-state index is 0.533. The van der Waals surface area contributed by atoms with Crippen molar-refractivity contribution in [2.24, 2.45) is 10.9 Å². The summed E-state index contributed by atoms with van der Waals surface area (Å²) in [5, 5.41) is 6.83. The van der Waals surface area contributed by atoms with Crippen molar-refractivity contribution in [3.63, 3.8) is 0 Å². The van der Waals surface area contributed by atoms with Crippen LogP contribution in [0.4, 0.5) is 0 Å². The van der Waals surface area contributed by atoms with Gasteiger partial charge in [-0.25, -0.2) is 0 Å². The number of nitrogens with one attached hydrogen (secondary N) is 2. The number of benzene rings is 1. The molecule has 0 heterocycles. The predicted molar refractivity (Wildman–Crippen MR) is 76.9 cm³/mol. The highest BCUT2D eigenvalue weighted by Gasteiger charge is 2.38. The summed E-state index contributed by atoms with van der Waals surface area (Å²) >= 11 is 0. The number of hydrogen-bond acceptors (Lipinski definition) is 1. The van der Waals surface area contributed by atoms with Crippen LogP contribution < -0.4 is 10.6 Å². The van der Waals surface area contributed by atoms with Gasteiger partial charge in [-0.2, -0.15) is 0 Å². The SMILES string of the molecule is CN=C(NCC(C)C)NC1CC1c1ccccc1. The molecule has 2 N–H and O–H groups in total. The minimum atomic E-state index is 0.533. The molecule has 0 bridgehead atoms. The quantitative estimate of drug-likeness (QED) is 0.631. The summed E-state index contributed by atoms with van der Waals surface area (Å²) in [6.45, 7) is 5.36. The van der Waals surface area contributed by atoms with Crippen LogP contribution in [-0.4, -0.2) is 25.6 Å². The van der Waals surface area contributed by atoms with Crippen molar-refractivity contribution < 1.29 is 0 Å². The number of rotatable bonds is 4. The maximum Gasteiger partial charge on any atom is 0.191 e. The van der Waals surface area contributed by atoms with Crippen LogP contribution in [0.15, 0.2) is 35.3 Å². The van der Waals surface area contributed by atoms with E-state index in [1.54, 1.807) is 0 Å². The first kappa shape index (κ1) is 12.9. The molecular weight excluding hydrogens is 222 g/mol. The van der Waals surface area contributed by atoms with E-state index in [9.17, 15) is 0 Å². The minimum Gasteiger partial charge on any atom is -0.356 e. The van der Waals surface area contributed by atoms with Crippen LogP contribution in [0.25, 0.3) is 0 Å². The van der Waals surface area contributed by atoms with E-state index in [-0.39, 0.29) is 0 Å². The van der Waals surface area contributed by atoms with E-state index in [0.29, 0.717) is 17.9 Å². The zero-order valence-electron chi connectivity index (χ0n) is 11.5. The van der Waals surface area contributed by atoms with Gasteiger partial charge < -0.3 is 10.6 Å². The number of nitrogens with zero attached hydrogens (tertiary/aromatic N) is 1. The zero-order chi connectivity index (χ0) is 13.0. The first-order valence-corrected chi connectivity index (χ1v) is 6.73. The highest BCUT2D eigenvalue weighted by molar-refractivity contribution is 5.80. The molecule has 3 heteroatoms. The number of guanidine groups is 1. The monoisotopic (exact) mass is 245 g/mol. The van der Waals surface area contributed by atoms with E-state index in [2.05, 4.69) is 59.8 Å². The molecular formula is C15H23N3. The van der Waals surface area contributed by atoms with Gasteiger partial charge in [0.15, 0.2) is 5.96 Å². The smallest absolute Gasteiger partial charge is 0.191 e. The molecule has 2 rings (SSSR count). The van der Waals surface area contributed by atoms with Crippen LogP contribution in [0.1, 0.15) is 31.7 Å². The number of hydrogen-bond donors (Lipinski definition) is 2. The summed E-state index contributed by atoms with van der Waals surface area (Å²) in [6.07, 6.45) is 1.20. The molecule has 3 nitrogen and oxygen atoms in total. The fourth-order valence-electron chi connectivity index (χ4n) is 2.09. The van der Waals surface area contributed by atoms with E-state index in [1.165, 1.54) is 12.0 Å². The summed E-state index contributed by atoms with van der Waals surface area (Å²) < 4.78 is 0. The van der Waals surface area contributed by atoms with Crippen molar-refractivity contribution in [2.45, 2.75) is 32.2 Å². The third-order valence-corrected chi connectivity index (χ3v) is 3.24. The molecule has 1 aromatic rings. The zero-order valence-corrected chi connectivity index (χ0v) is 11.5. The molecule has 0 amide bonds. The van der Waals surface area contributed by atoms with Gasteiger partial charge in [0.1, 0.15) is 0 Å². The average Bonchev–Trinajstić information content (AvgIpc) is 3.14. The molecule has 0 radical (unpaired) electrons.